The second kappa shape index (κ2) is 24.6. The van der Waals surface area contributed by atoms with Crippen LogP contribution in [-0.2, 0) is 0 Å². The topological polar surface area (TPSA) is 136 Å². The van der Waals surface area contributed by atoms with Gasteiger partial charge in [0.25, 0.3) is 0 Å². The fourth-order valence-corrected chi connectivity index (χ4v) is 0. The van der Waals surface area contributed by atoms with Gasteiger partial charge >= 0.3 is 48.9 Å². The minimum absolute atomic E-state index is 0. The van der Waals surface area contributed by atoms with Crippen molar-refractivity contribution in [2.45, 2.75) is 0 Å². The minimum atomic E-state index is 0. The van der Waals surface area contributed by atoms with Crippen LogP contribution in [0, 0.1) is 10.4 Å². The Morgan fingerprint density at radius 2 is 1.00 bits per heavy atom. The Kier molecular flexibility index (Phi) is 43.6. The van der Waals surface area contributed by atoms with Gasteiger partial charge < -0.3 is 20.8 Å². The molecule has 0 rings (SSSR count). The first kappa shape index (κ1) is 16.0. The average molecular weight is 259 g/mol. The van der Waals surface area contributed by atoms with Gasteiger partial charge in [0.1, 0.15) is 0 Å². The fourth-order valence-electron chi connectivity index (χ4n) is 0. The maximum atomic E-state index is 8.51. The molecule has 0 bridgehead atoms. The molecule has 8 nitrogen and oxygen atoms in total. The third kappa shape index (κ3) is 73.1. The molecule has 0 fully saturated rings. The second-order valence-corrected chi connectivity index (χ2v) is 0.342. The van der Waals surface area contributed by atoms with E-state index in [-0.39, 0.29) is 48.9 Å². The van der Waals surface area contributed by atoms with Gasteiger partial charge in [0, 0.05) is 10.6 Å². The minimum Gasteiger partial charge on any atom is -0.773 e. The maximum Gasteiger partial charge on any atom is 2.00 e. The van der Waals surface area contributed by atoms with Crippen LogP contribution in [0.2, 0.25) is 0 Å². The van der Waals surface area contributed by atoms with E-state index in [1.807, 2.05) is 0 Å². The van der Waals surface area contributed by atoms with Crippen LogP contribution < -0.4 is 0 Å². The molecule has 0 aromatic rings. The van der Waals surface area contributed by atoms with Crippen LogP contribution in [0.1, 0.15) is 0 Å². The van der Waals surface area contributed by atoms with Crippen molar-refractivity contribution < 1.29 is 10.4 Å². The van der Waals surface area contributed by atoms with Gasteiger partial charge in [-0.3, -0.25) is 0 Å². The van der Waals surface area contributed by atoms with Gasteiger partial charge in [-0.25, -0.2) is 0 Å². The first-order chi connectivity index (χ1) is 3.83. The van der Waals surface area contributed by atoms with Crippen molar-refractivity contribution >= 4 is 48.9 Å². The Morgan fingerprint density at radius 1 is 0.889 bits per heavy atom. The number of nitrogens with zero attached hydrogens (tertiary/aromatic N) is 4. The average Bonchev–Trinajstić information content (AvgIpc) is 1.88. The third-order valence-corrected chi connectivity index (χ3v) is 0.0730. The third-order valence-electron chi connectivity index (χ3n) is 0.0730. The maximum absolute atomic E-state index is 8.51. The van der Waals surface area contributed by atoms with E-state index in [1.165, 1.54) is 0 Å². The first-order valence-electron chi connectivity index (χ1n) is 1.17. The van der Waals surface area contributed by atoms with Gasteiger partial charge in [-0.05, 0) is 0 Å². The van der Waals surface area contributed by atoms with Crippen LogP contribution in [0.25, 0.3) is 0 Å². The molecule has 0 spiro atoms. The summed E-state index contributed by atoms with van der Waals surface area (Å²) in [5.41, 5.74) is 0. The molecule has 0 aliphatic carbocycles. The van der Waals surface area contributed by atoms with Crippen LogP contribution in [0.15, 0.2) is 21.1 Å². The van der Waals surface area contributed by atoms with E-state index in [0.717, 1.165) is 0 Å². The molecule has 0 saturated carbocycles. The molecule has 9 heavy (non-hydrogen) atoms. The zero-order valence-corrected chi connectivity index (χ0v) is 8.65. The van der Waals surface area contributed by atoms with Crippen LogP contribution in [0.4, 0.5) is 0 Å². The molecular formula is H2BaN4O4. The molecule has 48 valence electrons. The molecule has 0 aromatic carbocycles. The summed E-state index contributed by atoms with van der Waals surface area (Å²) in [6.45, 7) is 0. The number of rotatable bonds is 0. The molecule has 0 aliphatic rings. The van der Waals surface area contributed by atoms with E-state index in [2.05, 4.69) is 0 Å². The van der Waals surface area contributed by atoms with Crippen LogP contribution in [0.3, 0.4) is 0 Å². The monoisotopic (exact) mass is 260 g/mol. The summed E-state index contributed by atoms with van der Waals surface area (Å²) in [5.74, 6) is 0. The zero-order chi connectivity index (χ0) is 6.83. The van der Waals surface area contributed by atoms with E-state index >= 15 is 0 Å². The van der Waals surface area contributed by atoms with Crippen molar-refractivity contribution in [3.8, 4) is 0 Å². The normalized spacial score (nSPS) is 8.00. The van der Waals surface area contributed by atoms with Gasteiger partial charge in [-0.2, -0.15) is 10.6 Å². The van der Waals surface area contributed by atoms with Crippen LogP contribution >= 0.6 is 0 Å². The molecule has 2 N–H and O–H groups in total. The van der Waals surface area contributed by atoms with Gasteiger partial charge in [0.05, 0.1) is 0 Å². The summed E-state index contributed by atoms with van der Waals surface area (Å²) in [6.07, 6.45) is 0. The van der Waals surface area contributed by atoms with Gasteiger partial charge in [-0.15, -0.1) is 0 Å². The summed E-state index contributed by atoms with van der Waals surface area (Å²) in [4.78, 5) is 0. The fraction of sp³-hybridized carbons (Fsp3) is 0. The summed E-state index contributed by atoms with van der Waals surface area (Å²) in [5, 5.41) is 38.0. The largest absolute Gasteiger partial charge is 2.00 e. The summed E-state index contributed by atoms with van der Waals surface area (Å²) in [7, 11) is 0. The molecule has 0 heterocycles. The standard InChI is InChI=1S/Ba.2H2N2O2/c;2*3-1-2-4/h;2*(H,1,4)(H,2,3)/q+2;;/p-2. The Hall–Kier alpha value is -0.0286. The molecule has 0 aliphatic heterocycles. The predicted octanol–water partition coefficient (Wildman–Crippen LogP) is 0.270. The van der Waals surface area contributed by atoms with Gasteiger partial charge in [-0.1, -0.05) is 0 Å². The Morgan fingerprint density at radius 3 is 1.00 bits per heavy atom. The van der Waals surface area contributed by atoms with Crippen molar-refractivity contribution in [2.24, 2.45) is 21.1 Å². The second-order valence-electron chi connectivity index (χ2n) is 0.342. The van der Waals surface area contributed by atoms with Crippen molar-refractivity contribution in [3.05, 3.63) is 10.4 Å². The smallest absolute Gasteiger partial charge is 0.773 e. The molecule has 0 saturated heterocycles. The van der Waals surface area contributed by atoms with E-state index in [4.69, 9.17) is 20.8 Å². The van der Waals surface area contributed by atoms with E-state index in [9.17, 15) is 0 Å². The van der Waals surface area contributed by atoms with E-state index in [0.29, 0.717) is 0 Å². The SMILES string of the molecule is [Ba+2].[O-]N=NO.[O-]N=NO. The summed E-state index contributed by atoms with van der Waals surface area (Å²) in [6, 6.07) is 0. The molecule has 0 atom stereocenters. The molecule has 0 radical (unpaired) electrons. The van der Waals surface area contributed by atoms with Crippen molar-refractivity contribution in [2.75, 3.05) is 0 Å². The van der Waals surface area contributed by atoms with Crippen LogP contribution in [0.5, 0.6) is 0 Å². The van der Waals surface area contributed by atoms with Crippen LogP contribution in [-0.4, -0.2) is 59.3 Å². The molecule has 0 unspecified atom stereocenters. The number of hydrogen-bond donors (Lipinski definition) is 2. The predicted molar refractivity (Wildman–Crippen MR) is 25.8 cm³/mol. The Labute approximate surface area is 89.8 Å². The number of hydrogen-bond acceptors (Lipinski definition) is 6. The zero-order valence-electron chi connectivity index (χ0n) is 4.21. The Bertz CT molecular complexity index is 53.0. The van der Waals surface area contributed by atoms with E-state index < -0.39 is 0 Å². The molecule has 9 heteroatoms. The first-order valence-corrected chi connectivity index (χ1v) is 1.17. The summed E-state index contributed by atoms with van der Waals surface area (Å²) >= 11 is 0. The van der Waals surface area contributed by atoms with Gasteiger partial charge in [0.15, 0.2) is 0 Å². The Balaban J connectivity index is -0.0000000720. The van der Waals surface area contributed by atoms with Crippen molar-refractivity contribution in [1.29, 1.82) is 0 Å². The van der Waals surface area contributed by atoms with Gasteiger partial charge in [0.2, 0.25) is 0 Å². The summed E-state index contributed by atoms with van der Waals surface area (Å²) < 4.78 is 0. The quantitative estimate of drug-likeness (QED) is 0.366. The molecule has 0 amide bonds. The van der Waals surface area contributed by atoms with E-state index in [1.54, 1.807) is 21.1 Å². The molecule has 0 aromatic heterocycles. The van der Waals surface area contributed by atoms with Crippen molar-refractivity contribution in [3.63, 3.8) is 0 Å². The van der Waals surface area contributed by atoms with Crippen molar-refractivity contribution in [1.82, 2.24) is 0 Å². The molecular weight excluding hydrogens is 257 g/mol.